The first kappa shape index (κ1) is 14.6. The van der Waals surface area contributed by atoms with E-state index in [0.29, 0.717) is 6.42 Å². The van der Waals surface area contributed by atoms with Crippen LogP contribution in [0.2, 0.25) is 0 Å². The standard InChI is InChI=1S/C13H10BrF3OS/c14-11-4-3-8(6-10(11)13(15,16)17)12(18)7-9-2-1-5-19-9/h1-6,12,18H,7H2. The Balaban J connectivity index is 2.25. The van der Waals surface area contributed by atoms with E-state index in [1.165, 1.54) is 23.5 Å². The number of hydrogen-bond donors (Lipinski definition) is 1. The van der Waals surface area contributed by atoms with Gasteiger partial charge in [0.05, 0.1) is 11.7 Å². The molecular formula is C13H10BrF3OS. The molecule has 2 aromatic rings. The second-order valence-electron chi connectivity index (χ2n) is 4.04. The lowest BCUT2D eigenvalue weighted by Gasteiger charge is -2.14. The van der Waals surface area contributed by atoms with Gasteiger partial charge >= 0.3 is 6.18 Å². The molecule has 1 unspecified atom stereocenters. The number of aliphatic hydroxyl groups is 1. The van der Waals surface area contributed by atoms with Crippen LogP contribution in [0.25, 0.3) is 0 Å². The van der Waals surface area contributed by atoms with Gasteiger partial charge in [-0.1, -0.05) is 28.1 Å². The van der Waals surface area contributed by atoms with E-state index >= 15 is 0 Å². The predicted molar refractivity (Wildman–Crippen MR) is 72.1 cm³/mol. The fraction of sp³-hybridized carbons (Fsp3) is 0.231. The van der Waals surface area contributed by atoms with Crippen molar-refractivity contribution >= 4 is 27.3 Å². The van der Waals surface area contributed by atoms with Crippen molar-refractivity contribution < 1.29 is 18.3 Å². The second kappa shape index (κ2) is 5.64. The highest BCUT2D eigenvalue weighted by Crippen LogP contribution is 2.36. The Bertz CT molecular complexity index is 552. The molecule has 0 fully saturated rings. The largest absolute Gasteiger partial charge is 0.417 e. The molecule has 1 nitrogen and oxygen atoms in total. The van der Waals surface area contributed by atoms with Gasteiger partial charge in [-0.3, -0.25) is 0 Å². The molecule has 102 valence electrons. The lowest BCUT2D eigenvalue weighted by atomic mass is 10.0. The van der Waals surface area contributed by atoms with E-state index in [1.807, 2.05) is 17.5 Å². The molecule has 0 aliphatic rings. The zero-order valence-corrected chi connectivity index (χ0v) is 12.0. The van der Waals surface area contributed by atoms with Crippen LogP contribution in [0.4, 0.5) is 13.2 Å². The summed E-state index contributed by atoms with van der Waals surface area (Å²) >= 11 is 4.34. The third-order valence-electron chi connectivity index (χ3n) is 2.66. The van der Waals surface area contributed by atoms with Gasteiger partial charge in [0.15, 0.2) is 0 Å². The van der Waals surface area contributed by atoms with E-state index in [9.17, 15) is 18.3 Å². The van der Waals surface area contributed by atoms with E-state index in [4.69, 9.17) is 0 Å². The van der Waals surface area contributed by atoms with E-state index in [2.05, 4.69) is 15.9 Å². The van der Waals surface area contributed by atoms with Crippen LogP contribution in [-0.4, -0.2) is 5.11 Å². The highest BCUT2D eigenvalue weighted by Gasteiger charge is 2.33. The van der Waals surface area contributed by atoms with Crippen molar-refractivity contribution in [2.75, 3.05) is 0 Å². The number of aliphatic hydroxyl groups excluding tert-OH is 1. The van der Waals surface area contributed by atoms with Gasteiger partial charge in [-0.25, -0.2) is 0 Å². The quantitative estimate of drug-likeness (QED) is 0.842. The molecule has 0 spiro atoms. The minimum Gasteiger partial charge on any atom is -0.388 e. The van der Waals surface area contributed by atoms with Crippen LogP contribution in [0.5, 0.6) is 0 Å². The number of benzene rings is 1. The third kappa shape index (κ3) is 3.58. The molecule has 6 heteroatoms. The first-order valence-electron chi connectivity index (χ1n) is 5.45. The average Bonchev–Trinajstić information content (AvgIpc) is 2.80. The zero-order valence-electron chi connectivity index (χ0n) is 9.62. The van der Waals surface area contributed by atoms with Crippen molar-refractivity contribution in [3.05, 3.63) is 56.2 Å². The first-order chi connectivity index (χ1) is 8.88. The van der Waals surface area contributed by atoms with Crippen molar-refractivity contribution in [1.29, 1.82) is 0 Å². The molecule has 0 saturated carbocycles. The molecule has 0 bridgehead atoms. The van der Waals surface area contributed by atoms with Gasteiger partial charge in [-0.15, -0.1) is 11.3 Å². The van der Waals surface area contributed by atoms with Crippen molar-refractivity contribution in [1.82, 2.24) is 0 Å². The predicted octanol–water partition coefficient (Wildman–Crippen LogP) is 4.81. The summed E-state index contributed by atoms with van der Waals surface area (Å²) < 4.78 is 38.3. The molecule has 0 radical (unpaired) electrons. The number of halogens is 4. The van der Waals surface area contributed by atoms with Crippen molar-refractivity contribution in [3.63, 3.8) is 0 Å². The highest BCUT2D eigenvalue weighted by atomic mass is 79.9. The maximum atomic E-state index is 12.8. The molecule has 0 aliphatic heterocycles. The fourth-order valence-electron chi connectivity index (χ4n) is 1.70. The molecule has 0 amide bonds. The second-order valence-corrected chi connectivity index (χ2v) is 5.92. The normalized spacial score (nSPS) is 13.5. The Labute approximate surface area is 120 Å². The van der Waals surface area contributed by atoms with E-state index in [1.54, 1.807) is 0 Å². The summed E-state index contributed by atoms with van der Waals surface area (Å²) in [6.45, 7) is 0. The van der Waals surface area contributed by atoms with Gasteiger partial charge in [-0.2, -0.15) is 13.2 Å². The number of alkyl halides is 3. The Morgan fingerprint density at radius 3 is 2.58 bits per heavy atom. The number of thiophene rings is 1. The highest BCUT2D eigenvalue weighted by molar-refractivity contribution is 9.10. The van der Waals surface area contributed by atoms with Crippen molar-refractivity contribution in [2.45, 2.75) is 18.7 Å². The smallest absolute Gasteiger partial charge is 0.388 e. The minimum absolute atomic E-state index is 0.0212. The summed E-state index contributed by atoms with van der Waals surface area (Å²) in [6, 6.07) is 7.49. The average molecular weight is 351 g/mol. The number of hydrogen-bond acceptors (Lipinski definition) is 2. The summed E-state index contributed by atoms with van der Waals surface area (Å²) in [7, 11) is 0. The molecule has 2 rings (SSSR count). The molecule has 1 N–H and O–H groups in total. The minimum atomic E-state index is -4.43. The molecule has 1 aromatic carbocycles. The Kier molecular flexibility index (Phi) is 4.32. The Morgan fingerprint density at radius 1 is 1.26 bits per heavy atom. The molecule has 1 atom stereocenters. The van der Waals surface area contributed by atoms with E-state index in [-0.39, 0.29) is 10.0 Å². The zero-order chi connectivity index (χ0) is 14.0. The molecule has 1 aromatic heterocycles. The van der Waals surface area contributed by atoms with Crippen LogP contribution >= 0.6 is 27.3 Å². The summed E-state index contributed by atoms with van der Waals surface area (Å²) in [4.78, 5) is 0.934. The van der Waals surface area contributed by atoms with Gasteiger partial charge in [0.25, 0.3) is 0 Å². The summed E-state index contributed by atoms with van der Waals surface area (Å²) in [5.74, 6) is 0. The fourth-order valence-corrected chi connectivity index (χ4v) is 2.92. The van der Waals surface area contributed by atoms with E-state index in [0.717, 1.165) is 10.9 Å². The first-order valence-corrected chi connectivity index (χ1v) is 7.12. The van der Waals surface area contributed by atoms with Crippen LogP contribution in [0.15, 0.2) is 40.2 Å². The van der Waals surface area contributed by atoms with Crippen LogP contribution < -0.4 is 0 Å². The van der Waals surface area contributed by atoms with Crippen LogP contribution in [0, 0.1) is 0 Å². The molecule has 1 heterocycles. The molecule has 0 saturated heterocycles. The van der Waals surface area contributed by atoms with Gasteiger partial charge in [-0.05, 0) is 29.1 Å². The monoisotopic (exact) mass is 350 g/mol. The van der Waals surface area contributed by atoms with E-state index < -0.39 is 17.8 Å². The van der Waals surface area contributed by atoms with Gasteiger partial charge in [0, 0.05) is 15.8 Å². The van der Waals surface area contributed by atoms with Crippen LogP contribution in [0.1, 0.15) is 22.1 Å². The summed E-state index contributed by atoms with van der Waals surface area (Å²) in [5.41, 5.74) is -0.501. The Hall–Kier alpha value is -0.850. The SMILES string of the molecule is OC(Cc1cccs1)c1ccc(Br)c(C(F)(F)F)c1. The molecular weight excluding hydrogens is 341 g/mol. The van der Waals surface area contributed by atoms with Gasteiger partial charge < -0.3 is 5.11 Å². The maximum Gasteiger partial charge on any atom is 0.417 e. The summed E-state index contributed by atoms with van der Waals surface area (Å²) in [5, 5.41) is 11.9. The van der Waals surface area contributed by atoms with Crippen LogP contribution in [-0.2, 0) is 12.6 Å². The lowest BCUT2D eigenvalue weighted by Crippen LogP contribution is -2.09. The molecule has 19 heavy (non-hydrogen) atoms. The summed E-state index contributed by atoms with van der Waals surface area (Å²) in [6.07, 6.45) is -5.05. The van der Waals surface area contributed by atoms with Gasteiger partial charge in [0.2, 0.25) is 0 Å². The topological polar surface area (TPSA) is 20.2 Å². The van der Waals surface area contributed by atoms with Crippen molar-refractivity contribution in [2.24, 2.45) is 0 Å². The Morgan fingerprint density at radius 2 is 2.00 bits per heavy atom. The van der Waals surface area contributed by atoms with Crippen LogP contribution in [0.3, 0.4) is 0 Å². The third-order valence-corrected chi connectivity index (χ3v) is 4.25. The van der Waals surface area contributed by atoms with Crippen molar-refractivity contribution in [3.8, 4) is 0 Å². The number of rotatable bonds is 3. The lowest BCUT2D eigenvalue weighted by molar-refractivity contribution is -0.138. The maximum absolute atomic E-state index is 12.8. The van der Waals surface area contributed by atoms with Gasteiger partial charge in [0.1, 0.15) is 0 Å². The molecule has 0 aliphatic carbocycles.